The summed E-state index contributed by atoms with van der Waals surface area (Å²) in [6.07, 6.45) is 9.84. The number of nitrogens with zero attached hydrogens (tertiary/aromatic N) is 1. The van der Waals surface area contributed by atoms with Crippen molar-refractivity contribution in [3.8, 4) is 46.0 Å². The highest BCUT2D eigenvalue weighted by molar-refractivity contribution is 7.34. The summed E-state index contributed by atoms with van der Waals surface area (Å²) in [6, 6.07) is 46.0. The minimum Gasteiger partial charge on any atom is -0.458 e. The van der Waals surface area contributed by atoms with Crippen LogP contribution in [0.5, 0.6) is 46.0 Å². The maximum absolute atomic E-state index is 7.10. The maximum atomic E-state index is 7.10. The second-order valence-corrected chi connectivity index (χ2v) is 20.3. The van der Waals surface area contributed by atoms with Crippen LogP contribution in [0.25, 0.3) is 20.2 Å². The molecule has 0 radical (unpaired) electrons. The Morgan fingerprint density at radius 1 is 0.516 bits per heavy atom. The Morgan fingerprint density at radius 2 is 1.12 bits per heavy atom. The van der Waals surface area contributed by atoms with Crippen LogP contribution in [0.2, 0.25) is 0 Å². The molecule has 2 aromatic heterocycles. The molecular weight excluding hydrogens is 825 g/mol. The number of thiophene rings is 2. The first-order chi connectivity index (χ1) is 31.6. The SMILES string of the molecule is CC1(N2c3cc4c(cc3B3c5sc6ccccc6c5Oc5cccc2c53)B2c3cc5c(cc3Oc3cccc(c32)O4)Nc2cccc3c2B5c2sc4ccccc4c2O3)C=CC=CC1. The highest BCUT2D eigenvalue weighted by atomic mass is 32.1. The van der Waals surface area contributed by atoms with Crippen LogP contribution in [0, 0.1) is 0 Å². The lowest BCUT2D eigenvalue weighted by molar-refractivity contribution is 0.464. The molecule has 7 aliphatic rings. The van der Waals surface area contributed by atoms with Gasteiger partial charge in [-0.15, -0.1) is 22.7 Å². The number of benzene rings is 7. The van der Waals surface area contributed by atoms with Gasteiger partial charge in [0.05, 0.1) is 5.54 Å². The monoisotopic (exact) mass is 856 g/mol. The van der Waals surface area contributed by atoms with Crippen molar-refractivity contribution in [2.45, 2.75) is 18.9 Å². The molecule has 6 nitrogen and oxygen atoms in total. The fraction of sp³-hybridized carbons (Fsp3) is 0.0566. The zero-order chi connectivity index (χ0) is 41.6. The van der Waals surface area contributed by atoms with Crippen molar-refractivity contribution in [2.75, 3.05) is 10.2 Å². The first kappa shape index (κ1) is 34.4. The summed E-state index contributed by atoms with van der Waals surface area (Å²) < 4.78 is 32.8. The van der Waals surface area contributed by atoms with Gasteiger partial charge in [0.25, 0.3) is 20.1 Å². The van der Waals surface area contributed by atoms with Gasteiger partial charge in [-0.1, -0.05) is 78.9 Å². The Morgan fingerprint density at radius 3 is 1.83 bits per heavy atom. The molecule has 1 aliphatic carbocycles. The molecular formula is C53H31B3N2O4S2. The van der Waals surface area contributed by atoms with E-state index in [-0.39, 0.29) is 25.7 Å². The lowest BCUT2D eigenvalue weighted by atomic mass is 9.31. The zero-order valence-corrected chi connectivity index (χ0v) is 35.9. The largest absolute Gasteiger partial charge is 0.458 e. The van der Waals surface area contributed by atoms with Gasteiger partial charge in [-0.3, -0.25) is 0 Å². The molecule has 6 aliphatic heterocycles. The van der Waals surface area contributed by atoms with Crippen LogP contribution in [0.1, 0.15) is 13.3 Å². The van der Waals surface area contributed by atoms with Crippen molar-refractivity contribution >= 4 is 134 Å². The van der Waals surface area contributed by atoms with Gasteiger partial charge in [0.15, 0.2) is 0 Å². The first-order valence-electron chi connectivity index (χ1n) is 22.0. The predicted octanol–water partition coefficient (Wildman–Crippen LogP) is 7.87. The number of hydrogen-bond acceptors (Lipinski definition) is 8. The van der Waals surface area contributed by atoms with Crippen LogP contribution < -0.4 is 77.0 Å². The van der Waals surface area contributed by atoms with Crippen LogP contribution in [-0.4, -0.2) is 25.7 Å². The van der Waals surface area contributed by atoms with Gasteiger partial charge in [0, 0.05) is 70.1 Å². The third kappa shape index (κ3) is 4.29. The van der Waals surface area contributed by atoms with Crippen LogP contribution in [0.15, 0.2) is 152 Å². The molecule has 0 saturated heterocycles. The predicted molar refractivity (Wildman–Crippen MR) is 267 cm³/mol. The topological polar surface area (TPSA) is 52.2 Å². The second-order valence-electron chi connectivity index (χ2n) is 18.1. The molecule has 0 amide bonds. The van der Waals surface area contributed by atoms with Gasteiger partial charge in [-0.05, 0) is 107 Å². The second kappa shape index (κ2) is 11.9. The number of nitrogens with one attached hydrogen (secondary N) is 1. The van der Waals surface area contributed by atoms with Gasteiger partial charge in [-0.25, -0.2) is 0 Å². The van der Waals surface area contributed by atoms with Crippen molar-refractivity contribution in [1.29, 1.82) is 0 Å². The van der Waals surface area contributed by atoms with Crippen molar-refractivity contribution in [3.63, 3.8) is 0 Å². The van der Waals surface area contributed by atoms with E-state index in [4.69, 9.17) is 18.9 Å². The summed E-state index contributed by atoms with van der Waals surface area (Å²) in [5, 5.41) is 6.14. The molecule has 1 N–H and O–H groups in total. The maximum Gasteiger partial charge on any atom is 0.268 e. The highest BCUT2D eigenvalue weighted by Crippen LogP contribution is 2.47. The molecule has 9 aromatic rings. The number of allylic oxidation sites excluding steroid dienone is 2. The van der Waals surface area contributed by atoms with Crippen molar-refractivity contribution in [2.24, 2.45) is 0 Å². The van der Waals surface area contributed by atoms with Gasteiger partial charge >= 0.3 is 0 Å². The molecule has 1 atom stereocenters. The molecule has 0 saturated carbocycles. The number of ether oxygens (including phenoxy) is 4. The zero-order valence-electron chi connectivity index (χ0n) is 34.3. The molecule has 298 valence electrons. The average Bonchev–Trinajstić information content (AvgIpc) is 3.89. The Labute approximate surface area is 377 Å². The van der Waals surface area contributed by atoms with E-state index in [0.717, 1.165) is 96.6 Å². The molecule has 11 heteroatoms. The van der Waals surface area contributed by atoms with Crippen molar-refractivity contribution in [1.82, 2.24) is 0 Å². The fourth-order valence-electron chi connectivity index (χ4n) is 11.9. The number of hydrogen-bond donors (Lipinski definition) is 1. The molecule has 7 aromatic carbocycles. The Hall–Kier alpha value is -7.07. The molecule has 8 heterocycles. The van der Waals surface area contributed by atoms with Gasteiger partial charge in [0.2, 0.25) is 0 Å². The van der Waals surface area contributed by atoms with E-state index >= 15 is 0 Å². The number of anilines is 4. The average molecular weight is 856 g/mol. The van der Waals surface area contributed by atoms with Crippen molar-refractivity contribution in [3.05, 3.63) is 152 Å². The summed E-state index contributed by atoms with van der Waals surface area (Å²) in [5.41, 5.74) is 12.3. The van der Waals surface area contributed by atoms with Gasteiger partial charge < -0.3 is 29.2 Å². The smallest absolute Gasteiger partial charge is 0.268 e. The Kier molecular flexibility index (Phi) is 6.42. The Balaban J connectivity index is 0.955. The van der Waals surface area contributed by atoms with E-state index in [1.54, 1.807) is 0 Å². The van der Waals surface area contributed by atoms with Crippen LogP contribution in [0.4, 0.5) is 22.7 Å². The van der Waals surface area contributed by atoms with Crippen LogP contribution in [-0.2, 0) is 0 Å². The van der Waals surface area contributed by atoms with Gasteiger partial charge in [0.1, 0.15) is 46.0 Å². The third-order valence-corrected chi connectivity index (χ3v) is 17.1. The molecule has 1 unspecified atom stereocenters. The van der Waals surface area contributed by atoms with E-state index in [1.807, 2.05) is 28.7 Å². The van der Waals surface area contributed by atoms with E-state index in [9.17, 15) is 0 Å². The summed E-state index contributed by atoms with van der Waals surface area (Å²) in [6.45, 7) is 2.15. The summed E-state index contributed by atoms with van der Waals surface area (Å²) in [7, 11) is 0. The van der Waals surface area contributed by atoms with E-state index in [0.29, 0.717) is 0 Å². The van der Waals surface area contributed by atoms with E-state index in [2.05, 4.69) is 163 Å². The van der Waals surface area contributed by atoms with Crippen LogP contribution >= 0.6 is 22.7 Å². The van der Waals surface area contributed by atoms with Crippen molar-refractivity contribution < 1.29 is 18.9 Å². The summed E-state index contributed by atoms with van der Waals surface area (Å²) in [5.74, 6) is 7.14. The lowest BCUT2D eigenvalue weighted by Crippen LogP contribution is -2.65. The molecule has 16 rings (SSSR count). The minimum atomic E-state index is -0.334. The normalized spacial score (nSPS) is 17.8. The Bertz CT molecular complexity index is 3730. The quantitative estimate of drug-likeness (QED) is 0.170. The standard InChI is InChI=1S/C53H31B3N2O4S2/c1-53(22-7-2-8-23-53)58-36-15-10-17-39-47(36)56(52-50(62-39)29-13-4-6-21-45(29)64-52)31-25-33-43(27-37(31)58)60-41-19-11-18-40-48(41)54(33)32-24-30-35(26-42(32)59-40)57-34-14-9-16-38-46(34)55(30)51-49(61-38)28-12-3-5-20-44(28)63-51/h2-22,24-27,57H,23H2,1H3. The minimum absolute atomic E-state index is 0.0103. The molecule has 0 spiro atoms. The summed E-state index contributed by atoms with van der Waals surface area (Å²) >= 11 is 3.69. The van der Waals surface area contributed by atoms with Crippen LogP contribution in [0.3, 0.4) is 0 Å². The fourth-order valence-corrected chi connectivity index (χ4v) is 14.4. The number of fused-ring (bicyclic) bond motifs is 16. The summed E-state index contributed by atoms with van der Waals surface area (Å²) in [4.78, 5) is 2.55. The van der Waals surface area contributed by atoms with E-state index in [1.165, 1.54) is 46.5 Å². The van der Waals surface area contributed by atoms with E-state index < -0.39 is 0 Å². The van der Waals surface area contributed by atoms with Gasteiger partial charge in [-0.2, -0.15) is 0 Å². The lowest BCUT2D eigenvalue weighted by Gasteiger charge is -2.48. The first-order valence-corrected chi connectivity index (χ1v) is 23.6. The number of rotatable bonds is 1. The highest BCUT2D eigenvalue weighted by Gasteiger charge is 2.50. The molecule has 0 bridgehead atoms. The molecule has 64 heavy (non-hydrogen) atoms. The third-order valence-electron chi connectivity index (χ3n) is 14.6. The molecule has 0 fully saturated rings.